The standard InChI is InChI=1S/C15H22BrNO/c1-9-10(2)14(18)13(16)11(3)12(9)15(17)7-5-4-6-8-15/h18H,4-8,17H2,1-3H3. The van der Waals surface area contributed by atoms with Crippen LogP contribution in [-0.4, -0.2) is 5.11 Å². The largest absolute Gasteiger partial charge is 0.506 e. The summed E-state index contributed by atoms with van der Waals surface area (Å²) in [6.07, 6.45) is 5.78. The van der Waals surface area contributed by atoms with E-state index in [9.17, 15) is 5.11 Å². The van der Waals surface area contributed by atoms with Crippen molar-refractivity contribution in [2.45, 2.75) is 58.4 Å². The molecule has 3 N–H and O–H groups in total. The number of halogens is 1. The van der Waals surface area contributed by atoms with E-state index in [4.69, 9.17) is 5.73 Å². The Balaban J connectivity index is 2.63. The second kappa shape index (κ2) is 4.86. The summed E-state index contributed by atoms with van der Waals surface area (Å²) >= 11 is 3.50. The third kappa shape index (κ3) is 2.08. The van der Waals surface area contributed by atoms with Gasteiger partial charge in [0.2, 0.25) is 0 Å². The Hall–Kier alpha value is -0.540. The van der Waals surface area contributed by atoms with Crippen LogP contribution in [-0.2, 0) is 5.54 Å². The summed E-state index contributed by atoms with van der Waals surface area (Å²) in [5.41, 5.74) is 10.9. The molecule has 0 aliphatic heterocycles. The fourth-order valence-electron chi connectivity index (χ4n) is 3.28. The first-order valence-electron chi connectivity index (χ1n) is 6.66. The zero-order valence-electron chi connectivity index (χ0n) is 11.4. The van der Waals surface area contributed by atoms with Crippen LogP contribution in [0.25, 0.3) is 0 Å². The summed E-state index contributed by atoms with van der Waals surface area (Å²) in [6.45, 7) is 6.09. The molecule has 0 spiro atoms. The van der Waals surface area contributed by atoms with Crippen molar-refractivity contribution in [2.24, 2.45) is 5.73 Å². The van der Waals surface area contributed by atoms with Gasteiger partial charge in [-0.2, -0.15) is 0 Å². The van der Waals surface area contributed by atoms with Gasteiger partial charge in [-0.15, -0.1) is 0 Å². The first-order chi connectivity index (χ1) is 8.38. The van der Waals surface area contributed by atoms with Crippen LogP contribution in [0.15, 0.2) is 4.47 Å². The SMILES string of the molecule is Cc1c(C)c(C2(N)CCCCC2)c(C)c(Br)c1O. The third-order valence-electron chi connectivity index (χ3n) is 4.45. The van der Waals surface area contributed by atoms with Crippen LogP contribution in [0.3, 0.4) is 0 Å². The molecular weight excluding hydrogens is 290 g/mol. The molecule has 3 heteroatoms. The van der Waals surface area contributed by atoms with E-state index in [0.29, 0.717) is 5.75 Å². The van der Waals surface area contributed by atoms with Crippen molar-refractivity contribution in [3.63, 3.8) is 0 Å². The van der Waals surface area contributed by atoms with E-state index in [2.05, 4.69) is 29.8 Å². The van der Waals surface area contributed by atoms with Gasteiger partial charge in [0.25, 0.3) is 0 Å². The van der Waals surface area contributed by atoms with E-state index in [-0.39, 0.29) is 5.54 Å². The maximum Gasteiger partial charge on any atom is 0.133 e. The molecule has 0 aromatic heterocycles. The first kappa shape index (κ1) is 13.9. The quantitative estimate of drug-likeness (QED) is 0.816. The Morgan fingerprint density at radius 2 is 1.56 bits per heavy atom. The van der Waals surface area contributed by atoms with Gasteiger partial charge < -0.3 is 10.8 Å². The zero-order valence-corrected chi connectivity index (χ0v) is 13.0. The number of phenols is 1. The highest BCUT2D eigenvalue weighted by atomic mass is 79.9. The topological polar surface area (TPSA) is 46.2 Å². The van der Waals surface area contributed by atoms with Crippen molar-refractivity contribution in [1.29, 1.82) is 0 Å². The predicted molar refractivity (Wildman–Crippen MR) is 79.0 cm³/mol. The van der Waals surface area contributed by atoms with Crippen molar-refractivity contribution < 1.29 is 5.11 Å². The van der Waals surface area contributed by atoms with Gasteiger partial charge in [-0.1, -0.05) is 19.3 Å². The zero-order chi connectivity index (χ0) is 13.5. The van der Waals surface area contributed by atoms with Crippen LogP contribution in [0.2, 0.25) is 0 Å². The lowest BCUT2D eigenvalue weighted by Gasteiger charge is -2.37. The number of hydrogen-bond acceptors (Lipinski definition) is 2. The minimum absolute atomic E-state index is 0.215. The normalized spacial score (nSPS) is 18.9. The van der Waals surface area contributed by atoms with Gasteiger partial charge in [-0.05, 0) is 71.8 Å². The Morgan fingerprint density at radius 3 is 2.11 bits per heavy atom. The molecule has 1 saturated carbocycles. The third-order valence-corrected chi connectivity index (χ3v) is 5.42. The number of hydrogen-bond donors (Lipinski definition) is 2. The van der Waals surface area contributed by atoms with Crippen molar-refractivity contribution >= 4 is 15.9 Å². The molecule has 0 saturated heterocycles. The number of rotatable bonds is 1. The molecule has 0 heterocycles. The van der Waals surface area contributed by atoms with E-state index in [1.807, 2.05) is 6.92 Å². The Labute approximate surface area is 118 Å². The molecule has 18 heavy (non-hydrogen) atoms. The molecule has 2 nitrogen and oxygen atoms in total. The average molecular weight is 312 g/mol. The maximum absolute atomic E-state index is 10.1. The predicted octanol–water partition coefficient (Wildman–Crippen LogP) is 4.20. The summed E-state index contributed by atoms with van der Waals surface area (Å²) in [5.74, 6) is 0.355. The lowest BCUT2D eigenvalue weighted by molar-refractivity contribution is 0.299. The molecule has 1 fully saturated rings. The lowest BCUT2D eigenvalue weighted by Crippen LogP contribution is -2.40. The summed E-state index contributed by atoms with van der Waals surface area (Å²) < 4.78 is 0.802. The monoisotopic (exact) mass is 311 g/mol. The van der Waals surface area contributed by atoms with Crippen molar-refractivity contribution in [1.82, 2.24) is 0 Å². The summed E-state index contributed by atoms with van der Waals surface area (Å²) in [5, 5.41) is 10.1. The van der Waals surface area contributed by atoms with Gasteiger partial charge in [0.1, 0.15) is 5.75 Å². The molecule has 100 valence electrons. The molecule has 2 rings (SSSR count). The minimum atomic E-state index is -0.215. The molecule has 1 aromatic carbocycles. The van der Waals surface area contributed by atoms with E-state index in [1.165, 1.54) is 24.8 Å². The summed E-state index contributed by atoms with van der Waals surface area (Å²) in [7, 11) is 0. The van der Waals surface area contributed by atoms with E-state index < -0.39 is 0 Å². The Morgan fingerprint density at radius 1 is 1.00 bits per heavy atom. The second-order valence-corrected chi connectivity index (χ2v) is 6.42. The van der Waals surface area contributed by atoms with Crippen molar-refractivity contribution in [3.8, 4) is 5.75 Å². The van der Waals surface area contributed by atoms with Gasteiger partial charge in [-0.25, -0.2) is 0 Å². The molecule has 1 aliphatic rings. The molecule has 0 bridgehead atoms. The molecular formula is C15H22BrNO. The van der Waals surface area contributed by atoms with Crippen molar-refractivity contribution in [3.05, 3.63) is 26.7 Å². The lowest BCUT2D eigenvalue weighted by atomic mass is 9.73. The van der Waals surface area contributed by atoms with Crippen LogP contribution in [0.1, 0.15) is 54.4 Å². The summed E-state index contributed by atoms with van der Waals surface area (Å²) in [6, 6.07) is 0. The highest BCUT2D eigenvalue weighted by Crippen LogP contribution is 2.44. The number of nitrogens with two attached hydrogens (primary N) is 1. The van der Waals surface area contributed by atoms with Crippen LogP contribution in [0.5, 0.6) is 5.75 Å². The molecule has 1 aliphatic carbocycles. The van der Waals surface area contributed by atoms with Gasteiger partial charge in [0.05, 0.1) is 4.47 Å². The van der Waals surface area contributed by atoms with Gasteiger partial charge in [0, 0.05) is 5.54 Å². The van der Waals surface area contributed by atoms with Gasteiger partial charge in [0.15, 0.2) is 0 Å². The molecule has 1 aromatic rings. The van der Waals surface area contributed by atoms with Crippen LogP contribution in [0, 0.1) is 20.8 Å². The number of aromatic hydroxyl groups is 1. The molecule has 0 radical (unpaired) electrons. The minimum Gasteiger partial charge on any atom is -0.506 e. The van der Waals surface area contributed by atoms with Crippen LogP contribution in [0.4, 0.5) is 0 Å². The highest BCUT2D eigenvalue weighted by molar-refractivity contribution is 9.10. The van der Waals surface area contributed by atoms with Crippen LogP contribution >= 0.6 is 15.9 Å². The van der Waals surface area contributed by atoms with Crippen molar-refractivity contribution in [2.75, 3.05) is 0 Å². The maximum atomic E-state index is 10.1. The molecule has 0 amide bonds. The Kier molecular flexibility index (Phi) is 3.75. The van der Waals surface area contributed by atoms with Gasteiger partial charge in [-0.3, -0.25) is 0 Å². The average Bonchev–Trinajstić information content (AvgIpc) is 2.35. The Bertz CT molecular complexity index is 447. The smallest absolute Gasteiger partial charge is 0.133 e. The second-order valence-electron chi connectivity index (χ2n) is 5.63. The fraction of sp³-hybridized carbons (Fsp3) is 0.600. The first-order valence-corrected chi connectivity index (χ1v) is 7.45. The highest BCUT2D eigenvalue weighted by Gasteiger charge is 2.34. The van der Waals surface area contributed by atoms with E-state index in [1.54, 1.807) is 0 Å². The molecule has 0 atom stereocenters. The molecule has 0 unspecified atom stereocenters. The van der Waals surface area contributed by atoms with Gasteiger partial charge >= 0.3 is 0 Å². The van der Waals surface area contributed by atoms with E-state index >= 15 is 0 Å². The van der Waals surface area contributed by atoms with Crippen LogP contribution < -0.4 is 5.73 Å². The number of phenolic OH excluding ortho intramolecular Hbond substituents is 1. The van der Waals surface area contributed by atoms with E-state index in [0.717, 1.165) is 34.0 Å². The summed E-state index contributed by atoms with van der Waals surface area (Å²) in [4.78, 5) is 0. The fourth-order valence-corrected chi connectivity index (χ4v) is 3.77. The number of benzene rings is 1.